The molecule has 0 atom stereocenters. The first-order valence-electron chi connectivity index (χ1n) is 8.45. The van der Waals surface area contributed by atoms with Gasteiger partial charge in [0.25, 0.3) is 5.91 Å². The topological polar surface area (TPSA) is 56.8 Å². The van der Waals surface area contributed by atoms with Crippen LogP contribution in [0.5, 0.6) is 11.5 Å². The zero-order chi connectivity index (χ0) is 17.9. The Bertz CT molecular complexity index is 658. The molecule has 0 bridgehead atoms. The zero-order valence-electron chi connectivity index (χ0n) is 14.8. The number of carbonyl (C=O) groups excluding carboxylic acids is 1. The van der Waals surface area contributed by atoms with Gasteiger partial charge in [0.05, 0.1) is 6.61 Å². The van der Waals surface area contributed by atoms with Crippen molar-refractivity contribution in [1.29, 1.82) is 0 Å². The Morgan fingerprint density at radius 3 is 2.56 bits per heavy atom. The van der Waals surface area contributed by atoms with Crippen molar-refractivity contribution >= 4 is 5.91 Å². The molecule has 0 fully saturated rings. The third-order valence-corrected chi connectivity index (χ3v) is 3.55. The third kappa shape index (κ3) is 6.12. The summed E-state index contributed by atoms with van der Waals surface area (Å²) in [6.45, 7) is 4.04. The van der Waals surface area contributed by atoms with Gasteiger partial charge in [0.15, 0.2) is 11.5 Å². The Morgan fingerprint density at radius 1 is 1.04 bits per heavy atom. The summed E-state index contributed by atoms with van der Waals surface area (Å²) in [7, 11) is 1.64. The fourth-order valence-corrected chi connectivity index (χ4v) is 2.29. The zero-order valence-corrected chi connectivity index (χ0v) is 14.8. The van der Waals surface area contributed by atoms with Gasteiger partial charge < -0.3 is 19.5 Å². The Morgan fingerprint density at radius 2 is 1.84 bits per heavy atom. The predicted octanol–water partition coefficient (Wildman–Crippen LogP) is 3.43. The SMILES string of the molecule is CCOc1cc(C(=O)NCCCOC)ccc1OCc1ccccc1. The second-order valence-electron chi connectivity index (χ2n) is 5.47. The average Bonchev–Trinajstić information content (AvgIpc) is 2.65. The number of nitrogens with one attached hydrogen (secondary N) is 1. The maximum atomic E-state index is 12.2. The highest BCUT2D eigenvalue weighted by Crippen LogP contribution is 2.29. The molecule has 0 aromatic heterocycles. The van der Waals surface area contributed by atoms with E-state index >= 15 is 0 Å². The van der Waals surface area contributed by atoms with E-state index in [1.807, 2.05) is 37.3 Å². The van der Waals surface area contributed by atoms with Crippen LogP contribution in [0.4, 0.5) is 0 Å². The Hall–Kier alpha value is -2.53. The van der Waals surface area contributed by atoms with Crippen molar-refractivity contribution in [2.75, 3.05) is 26.9 Å². The van der Waals surface area contributed by atoms with E-state index in [0.29, 0.717) is 43.4 Å². The van der Waals surface area contributed by atoms with Gasteiger partial charge in [0, 0.05) is 25.8 Å². The molecule has 2 rings (SSSR count). The summed E-state index contributed by atoms with van der Waals surface area (Å²) in [6.07, 6.45) is 0.777. The molecule has 2 aromatic carbocycles. The molecule has 5 heteroatoms. The average molecular weight is 343 g/mol. The summed E-state index contributed by atoms with van der Waals surface area (Å²) in [6, 6.07) is 15.2. The van der Waals surface area contributed by atoms with Gasteiger partial charge in [0.1, 0.15) is 6.61 Å². The summed E-state index contributed by atoms with van der Waals surface area (Å²) < 4.78 is 16.5. The van der Waals surface area contributed by atoms with E-state index in [-0.39, 0.29) is 5.91 Å². The fourth-order valence-electron chi connectivity index (χ4n) is 2.29. The first kappa shape index (κ1) is 18.8. The van der Waals surface area contributed by atoms with E-state index in [1.165, 1.54) is 0 Å². The molecular formula is C20H25NO4. The summed E-state index contributed by atoms with van der Waals surface area (Å²) in [5, 5.41) is 2.87. The number of carbonyl (C=O) groups is 1. The molecule has 0 aliphatic carbocycles. The van der Waals surface area contributed by atoms with Crippen molar-refractivity contribution in [1.82, 2.24) is 5.32 Å². The highest BCUT2D eigenvalue weighted by Gasteiger charge is 2.11. The van der Waals surface area contributed by atoms with Gasteiger partial charge in [-0.05, 0) is 37.1 Å². The molecule has 2 aromatic rings. The van der Waals surface area contributed by atoms with E-state index in [0.717, 1.165) is 12.0 Å². The number of benzene rings is 2. The van der Waals surface area contributed by atoms with Crippen molar-refractivity contribution in [3.8, 4) is 11.5 Å². The van der Waals surface area contributed by atoms with Crippen molar-refractivity contribution in [3.05, 3.63) is 59.7 Å². The van der Waals surface area contributed by atoms with Gasteiger partial charge >= 0.3 is 0 Å². The monoisotopic (exact) mass is 343 g/mol. The number of hydrogen-bond acceptors (Lipinski definition) is 4. The highest BCUT2D eigenvalue weighted by molar-refractivity contribution is 5.94. The number of rotatable bonds is 10. The minimum Gasteiger partial charge on any atom is -0.490 e. The van der Waals surface area contributed by atoms with Crippen molar-refractivity contribution in [2.24, 2.45) is 0 Å². The van der Waals surface area contributed by atoms with Crippen molar-refractivity contribution < 1.29 is 19.0 Å². The van der Waals surface area contributed by atoms with Gasteiger partial charge in [-0.15, -0.1) is 0 Å². The van der Waals surface area contributed by atoms with Crippen LogP contribution >= 0.6 is 0 Å². The van der Waals surface area contributed by atoms with Crippen LogP contribution in [0.15, 0.2) is 48.5 Å². The molecule has 0 aliphatic rings. The van der Waals surface area contributed by atoms with Crippen LogP contribution in [-0.2, 0) is 11.3 Å². The fraction of sp³-hybridized carbons (Fsp3) is 0.350. The summed E-state index contributed by atoms with van der Waals surface area (Å²) >= 11 is 0. The lowest BCUT2D eigenvalue weighted by molar-refractivity contribution is 0.0948. The van der Waals surface area contributed by atoms with Crippen molar-refractivity contribution in [2.45, 2.75) is 20.0 Å². The van der Waals surface area contributed by atoms with Crippen LogP contribution in [0.2, 0.25) is 0 Å². The Labute approximate surface area is 148 Å². The molecule has 134 valence electrons. The standard InChI is InChI=1S/C20H25NO4/c1-3-24-19-14-17(20(22)21-12-7-13-23-2)10-11-18(19)25-15-16-8-5-4-6-9-16/h4-6,8-11,14H,3,7,12-13,15H2,1-2H3,(H,21,22). The molecule has 0 unspecified atom stereocenters. The van der Waals surface area contributed by atoms with Gasteiger partial charge in [0.2, 0.25) is 0 Å². The Kier molecular flexibility index (Phi) is 7.79. The number of amides is 1. The lowest BCUT2D eigenvalue weighted by atomic mass is 10.2. The molecule has 25 heavy (non-hydrogen) atoms. The molecule has 0 spiro atoms. The lowest BCUT2D eigenvalue weighted by Gasteiger charge is -2.13. The molecule has 0 heterocycles. The second-order valence-corrected chi connectivity index (χ2v) is 5.47. The number of hydrogen-bond donors (Lipinski definition) is 1. The van der Waals surface area contributed by atoms with Crippen LogP contribution in [-0.4, -0.2) is 32.8 Å². The normalized spacial score (nSPS) is 10.3. The number of methoxy groups -OCH3 is 1. The predicted molar refractivity (Wildman–Crippen MR) is 97.2 cm³/mol. The van der Waals surface area contributed by atoms with Crippen molar-refractivity contribution in [3.63, 3.8) is 0 Å². The summed E-state index contributed by atoms with van der Waals surface area (Å²) in [4.78, 5) is 12.2. The summed E-state index contributed by atoms with van der Waals surface area (Å²) in [5.74, 6) is 1.07. The lowest BCUT2D eigenvalue weighted by Crippen LogP contribution is -2.25. The van der Waals surface area contributed by atoms with Gasteiger partial charge in [-0.25, -0.2) is 0 Å². The summed E-state index contributed by atoms with van der Waals surface area (Å²) in [5.41, 5.74) is 1.62. The molecular weight excluding hydrogens is 318 g/mol. The molecule has 0 saturated carbocycles. The van der Waals surface area contributed by atoms with Gasteiger partial charge in [-0.2, -0.15) is 0 Å². The quantitative estimate of drug-likeness (QED) is 0.672. The van der Waals surface area contributed by atoms with Gasteiger partial charge in [-0.3, -0.25) is 4.79 Å². The first-order chi connectivity index (χ1) is 12.2. The van der Waals surface area contributed by atoms with E-state index in [9.17, 15) is 4.79 Å². The Balaban J connectivity index is 2.02. The largest absolute Gasteiger partial charge is 0.490 e. The van der Waals surface area contributed by atoms with E-state index in [2.05, 4.69) is 5.32 Å². The number of ether oxygens (including phenoxy) is 3. The van der Waals surface area contributed by atoms with E-state index in [4.69, 9.17) is 14.2 Å². The van der Waals surface area contributed by atoms with Crippen LogP contribution in [0.25, 0.3) is 0 Å². The minimum absolute atomic E-state index is 0.133. The minimum atomic E-state index is -0.133. The molecule has 5 nitrogen and oxygen atoms in total. The van der Waals surface area contributed by atoms with Crippen LogP contribution < -0.4 is 14.8 Å². The second kappa shape index (κ2) is 10.4. The maximum Gasteiger partial charge on any atom is 0.251 e. The molecule has 0 radical (unpaired) electrons. The van der Waals surface area contributed by atoms with Crippen LogP contribution in [0.1, 0.15) is 29.3 Å². The molecule has 0 aliphatic heterocycles. The van der Waals surface area contributed by atoms with Crippen LogP contribution in [0.3, 0.4) is 0 Å². The van der Waals surface area contributed by atoms with E-state index in [1.54, 1.807) is 25.3 Å². The first-order valence-corrected chi connectivity index (χ1v) is 8.45. The third-order valence-electron chi connectivity index (χ3n) is 3.55. The molecule has 1 amide bonds. The van der Waals surface area contributed by atoms with E-state index < -0.39 is 0 Å². The molecule has 1 N–H and O–H groups in total. The smallest absolute Gasteiger partial charge is 0.251 e. The van der Waals surface area contributed by atoms with Gasteiger partial charge in [-0.1, -0.05) is 30.3 Å². The maximum absolute atomic E-state index is 12.2. The van der Waals surface area contributed by atoms with Crippen LogP contribution in [0, 0.1) is 0 Å². The highest BCUT2D eigenvalue weighted by atomic mass is 16.5. The molecule has 0 saturated heterocycles.